The number of hydrogen-bond donors (Lipinski definition) is 1. The van der Waals surface area contributed by atoms with Gasteiger partial charge in [0.25, 0.3) is 0 Å². The number of nitrogens with one attached hydrogen (secondary N) is 1. The van der Waals surface area contributed by atoms with Crippen molar-refractivity contribution in [2.75, 3.05) is 33.0 Å². The molecule has 0 saturated heterocycles. The summed E-state index contributed by atoms with van der Waals surface area (Å²) in [6, 6.07) is 7.59. The molecule has 1 fully saturated rings. The van der Waals surface area contributed by atoms with E-state index < -0.39 is 10.0 Å². The first kappa shape index (κ1) is 18.7. The molecule has 24 heavy (non-hydrogen) atoms. The summed E-state index contributed by atoms with van der Waals surface area (Å²) in [4.78, 5) is 11.8. The van der Waals surface area contributed by atoms with Gasteiger partial charge in [-0.2, -0.15) is 0 Å². The van der Waals surface area contributed by atoms with E-state index in [1.54, 1.807) is 7.11 Å². The highest BCUT2D eigenvalue weighted by Gasteiger charge is 2.25. The van der Waals surface area contributed by atoms with Crippen LogP contribution in [0.4, 0.5) is 0 Å². The number of methoxy groups -OCH3 is 1. The minimum atomic E-state index is -3.31. The lowest BCUT2D eigenvalue weighted by Crippen LogP contribution is -2.41. The van der Waals surface area contributed by atoms with Gasteiger partial charge in [-0.15, -0.1) is 0 Å². The molecule has 1 aliphatic carbocycles. The van der Waals surface area contributed by atoms with Crippen molar-refractivity contribution in [2.24, 2.45) is 5.92 Å². The fraction of sp³-hybridized carbons (Fsp3) is 0.588. The number of carbonyl (C=O) groups is 1. The van der Waals surface area contributed by atoms with E-state index >= 15 is 0 Å². The third kappa shape index (κ3) is 5.49. The first-order chi connectivity index (χ1) is 11.4. The van der Waals surface area contributed by atoms with Crippen molar-refractivity contribution in [3.05, 3.63) is 29.8 Å². The molecule has 7 heteroatoms. The van der Waals surface area contributed by atoms with Crippen molar-refractivity contribution in [2.45, 2.75) is 25.7 Å². The summed E-state index contributed by atoms with van der Waals surface area (Å²) >= 11 is 0. The highest BCUT2D eigenvalue weighted by molar-refractivity contribution is 7.88. The number of amides is 1. The molecule has 0 spiro atoms. The molecule has 2 rings (SSSR count). The van der Waals surface area contributed by atoms with Gasteiger partial charge >= 0.3 is 0 Å². The molecular weight excluding hydrogens is 328 g/mol. The Bertz CT molecular complexity index is 656. The Balaban J connectivity index is 1.85. The number of benzene rings is 1. The van der Waals surface area contributed by atoms with E-state index in [1.807, 2.05) is 24.3 Å². The maximum atomic E-state index is 11.9. The highest BCUT2D eigenvalue weighted by Crippen LogP contribution is 2.26. The molecule has 0 unspecified atom stereocenters. The molecule has 0 heterocycles. The topological polar surface area (TPSA) is 75.7 Å². The van der Waals surface area contributed by atoms with Crippen LogP contribution in [-0.2, 0) is 21.2 Å². The zero-order valence-electron chi connectivity index (χ0n) is 14.3. The standard InChI is InChI=1S/C17H26N2O4S/c1-23-16-8-3-5-14(13-16)9-11-19(24(2,21)22)12-10-18-17(20)15-6-4-7-15/h3,5,8,13,15H,4,6-7,9-12H2,1-2H3,(H,18,20). The summed E-state index contributed by atoms with van der Waals surface area (Å²) in [6.07, 6.45) is 4.79. The van der Waals surface area contributed by atoms with Crippen LogP contribution in [0.25, 0.3) is 0 Å². The van der Waals surface area contributed by atoms with E-state index in [2.05, 4.69) is 5.32 Å². The molecule has 1 aliphatic rings. The molecule has 1 saturated carbocycles. The summed E-state index contributed by atoms with van der Waals surface area (Å²) in [6.45, 7) is 1.02. The quantitative estimate of drug-likeness (QED) is 0.728. The third-order valence-corrected chi connectivity index (χ3v) is 5.69. The predicted molar refractivity (Wildman–Crippen MR) is 93.5 cm³/mol. The highest BCUT2D eigenvalue weighted by atomic mass is 32.2. The van der Waals surface area contributed by atoms with E-state index in [-0.39, 0.29) is 11.8 Å². The van der Waals surface area contributed by atoms with Gasteiger partial charge in [-0.25, -0.2) is 12.7 Å². The molecule has 0 aliphatic heterocycles. The van der Waals surface area contributed by atoms with Crippen molar-refractivity contribution in [3.63, 3.8) is 0 Å². The van der Waals surface area contributed by atoms with Gasteiger partial charge in [0, 0.05) is 25.6 Å². The van der Waals surface area contributed by atoms with Gasteiger partial charge in [0.15, 0.2) is 0 Å². The van der Waals surface area contributed by atoms with Crippen LogP contribution in [-0.4, -0.2) is 51.6 Å². The zero-order valence-corrected chi connectivity index (χ0v) is 15.1. The van der Waals surface area contributed by atoms with E-state index in [1.165, 1.54) is 10.6 Å². The van der Waals surface area contributed by atoms with Crippen LogP contribution in [0, 0.1) is 5.92 Å². The monoisotopic (exact) mass is 354 g/mol. The average molecular weight is 354 g/mol. The molecule has 1 N–H and O–H groups in total. The second-order valence-electron chi connectivity index (χ2n) is 6.18. The lowest BCUT2D eigenvalue weighted by Gasteiger charge is -2.25. The van der Waals surface area contributed by atoms with Crippen molar-refractivity contribution < 1.29 is 17.9 Å². The molecule has 1 amide bonds. The number of rotatable bonds is 9. The van der Waals surface area contributed by atoms with Gasteiger partial charge in [0.2, 0.25) is 15.9 Å². The van der Waals surface area contributed by atoms with Gasteiger partial charge < -0.3 is 10.1 Å². The SMILES string of the molecule is COc1cccc(CCN(CCNC(=O)C2CCC2)S(C)(=O)=O)c1. The van der Waals surface area contributed by atoms with Crippen LogP contribution in [0.5, 0.6) is 5.75 Å². The first-order valence-electron chi connectivity index (χ1n) is 8.26. The summed E-state index contributed by atoms with van der Waals surface area (Å²) in [5.41, 5.74) is 1.02. The van der Waals surface area contributed by atoms with E-state index in [0.717, 1.165) is 30.6 Å². The molecule has 0 bridgehead atoms. The van der Waals surface area contributed by atoms with Crippen LogP contribution >= 0.6 is 0 Å². The van der Waals surface area contributed by atoms with Crippen molar-refractivity contribution >= 4 is 15.9 Å². The van der Waals surface area contributed by atoms with E-state index in [0.29, 0.717) is 26.1 Å². The largest absolute Gasteiger partial charge is 0.497 e. The van der Waals surface area contributed by atoms with Gasteiger partial charge in [-0.1, -0.05) is 18.6 Å². The molecule has 134 valence electrons. The summed E-state index contributed by atoms with van der Waals surface area (Å²) in [5, 5.41) is 2.84. The Labute approximate surface area is 144 Å². The number of hydrogen-bond acceptors (Lipinski definition) is 4. The maximum Gasteiger partial charge on any atom is 0.223 e. The van der Waals surface area contributed by atoms with Gasteiger partial charge in [0.1, 0.15) is 5.75 Å². The van der Waals surface area contributed by atoms with Gasteiger partial charge in [-0.05, 0) is 37.0 Å². The number of ether oxygens (including phenoxy) is 1. The van der Waals surface area contributed by atoms with Crippen LogP contribution in [0.15, 0.2) is 24.3 Å². The Morgan fingerprint density at radius 1 is 1.33 bits per heavy atom. The Morgan fingerprint density at radius 3 is 2.67 bits per heavy atom. The Kier molecular flexibility index (Phi) is 6.62. The minimum Gasteiger partial charge on any atom is -0.497 e. The Hall–Kier alpha value is -1.60. The van der Waals surface area contributed by atoms with Gasteiger partial charge in [-0.3, -0.25) is 4.79 Å². The van der Waals surface area contributed by atoms with Crippen LogP contribution in [0.2, 0.25) is 0 Å². The van der Waals surface area contributed by atoms with Crippen molar-refractivity contribution in [1.29, 1.82) is 0 Å². The minimum absolute atomic E-state index is 0.0440. The second-order valence-corrected chi connectivity index (χ2v) is 8.16. The van der Waals surface area contributed by atoms with E-state index in [9.17, 15) is 13.2 Å². The van der Waals surface area contributed by atoms with Crippen molar-refractivity contribution in [3.8, 4) is 5.75 Å². The van der Waals surface area contributed by atoms with Crippen LogP contribution < -0.4 is 10.1 Å². The lowest BCUT2D eigenvalue weighted by molar-refractivity contribution is -0.127. The second kappa shape index (κ2) is 8.48. The summed E-state index contributed by atoms with van der Waals surface area (Å²) in [5.74, 6) is 0.919. The predicted octanol–water partition coefficient (Wildman–Crippen LogP) is 1.42. The van der Waals surface area contributed by atoms with Crippen LogP contribution in [0.1, 0.15) is 24.8 Å². The third-order valence-electron chi connectivity index (χ3n) is 4.39. The van der Waals surface area contributed by atoms with Crippen molar-refractivity contribution in [1.82, 2.24) is 9.62 Å². The average Bonchev–Trinajstić information content (AvgIpc) is 2.47. The fourth-order valence-electron chi connectivity index (χ4n) is 2.64. The molecule has 1 aromatic carbocycles. The zero-order chi connectivity index (χ0) is 17.6. The first-order valence-corrected chi connectivity index (χ1v) is 10.1. The molecule has 0 radical (unpaired) electrons. The summed E-state index contributed by atoms with van der Waals surface area (Å²) < 4.78 is 30.5. The molecule has 0 aromatic heterocycles. The molecule has 6 nitrogen and oxygen atoms in total. The number of sulfonamides is 1. The fourth-order valence-corrected chi connectivity index (χ4v) is 3.49. The molecule has 0 atom stereocenters. The normalized spacial score (nSPS) is 15.1. The van der Waals surface area contributed by atoms with Gasteiger partial charge in [0.05, 0.1) is 13.4 Å². The number of carbonyl (C=O) groups excluding carboxylic acids is 1. The van der Waals surface area contributed by atoms with E-state index in [4.69, 9.17) is 4.74 Å². The Morgan fingerprint density at radius 2 is 2.08 bits per heavy atom. The maximum absolute atomic E-state index is 11.9. The lowest BCUT2D eigenvalue weighted by atomic mass is 9.85. The smallest absolute Gasteiger partial charge is 0.223 e. The summed E-state index contributed by atoms with van der Waals surface area (Å²) in [7, 11) is -1.71. The molecular formula is C17H26N2O4S. The number of nitrogens with zero attached hydrogens (tertiary/aromatic N) is 1. The molecule has 1 aromatic rings. The van der Waals surface area contributed by atoms with Crippen LogP contribution in [0.3, 0.4) is 0 Å².